The zero-order valence-electron chi connectivity index (χ0n) is 15.0. The second-order valence-corrected chi connectivity index (χ2v) is 7.49. The van der Waals surface area contributed by atoms with Gasteiger partial charge in [-0.1, -0.05) is 78.9 Å². The Hall–Kier alpha value is -3.20. The van der Waals surface area contributed by atoms with Gasteiger partial charge in [-0.2, -0.15) is 0 Å². The summed E-state index contributed by atoms with van der Waals surface area (Å²) in [6.45, 7) is 1.95. The summed E-state index contributed by atoms with van der Waals surface area (Å²) in [6.07, 6.45) is 0. The van der Waals surface area contributed by atoms with E-state index in [1.165, 1.54) is 4.90 Å². The molecule has 1 aliphatic carbocycles. The van der Waals surface area contributed by atoms with Crippen LogP contribution in [0.15, 0.2) is 91.0 Å². The van der Waals surface area contributed by atoms with E-state index in [-0.39, 0.29) is 17.7 Å². The Kier molecular flexibility index (Phi) is 3.20. The van der Waals surface area contributed by atoms with Crippen LogP contribution in [-0.4, -0.2) is 11.8 Å². The Morgan fingerprint density at radius 1 is 0.704 bits per heavy atom. The van der Waals surface area contributed by atoms with Gasteiger partial charge in [0.1, 0.15) is 0 Å². The third-order valence-electron chi connectivity index (χ3n) is 6.33. The van der Waals surface area contributed by atoms with Crippen molar-refractivity contribution >= 4 is 17.5 Å². The summed E-state index contributed by atoms with van der Waals surface area (Å²) in [7, 11) is 0. The van der Waals surface area contributed by atoms with Gasteiger partial charge in [-0.25, -0.2) is 4.90 Å². The van der Waals surface area contributed by atoms with Gasteiger partial charge in [0, 0.05) is 5.41 Å². The predicted octanol–water partition coefficient (Wildman–Crippen LogP) is 4.18. The van der Waals surface area contributed by atoms with Gasteiger partial charge in [-0.3, -0.25) is 9.59 Å². The Labute approximate surface area is 158 Å². The highest BCUT2D eigenvalue weighted by Gasteiger charge is 2.86. The molecule has 1 saturated heterocycles. The molecule has 2 aliphatic rings. The number of piperidine rings is 1. The zero-order chi connectivity index (χ0) is 18.6. The van der Waals surface area contributed by atoms with E-state index in [1.54, 1.807) is 0 Å². The van der Waals surface area contributed by atoms with Crippen LogP contribution in [0.4, 0.5) is 5.69 Å². The van der Waals surface area contributed by atoms with Gasteiger partial charge < -0.3 is 0 Å². The van der Waals surface area contributed by atoms with E-state index in [2.05, 4.69) is 0 Å². The molecule has 0 aromatic heterocycles. The second-order valence-electron chi connectivity index (χ2n) is 7.49. The molecule has 3 aromatic rings. The molecular formula is C24H19NO2. The molecule has 5 rings (SSSR count). The van der Waals surface area contributed by atoms with Crippen LogP contribution in [0, 0.1) is 11.3 Å². The van der Waals surface area contributed by atoms with Crippen molar-refractivity contribution in [1.29, 1.82) is 0 Å². The number of para-hydroxylation sites is 1. The highest BCUT2D eigenvalue weighted by Crippen LogP contribution is 2.76. The van der Waals surface area contributed by atoms with Crippen molar-refractivity contribution in [3.63, 3.8) is 0 Å². The Balaban J connectivity index is 1.70. The highest BCUT2D eigenvalue weighted by molar-refractivity contribution is 6.29. The number of anilines is 1. The predicted molar refractivity (Wildman–Crippen MR) is 104 cm³/mol. The Morgan fingerprint density at radius 2 is 1.15 bits per heavy atom. The van der Waals surface area contributed by atoms with Crippen LogP contribution in [0.1, 0.15) is 18.1 Å². The molecule has 2 unspecified atom stereocenters. The maximum atomic E-state index is 13.5. The standard InChI is InChI=1S/C24H19NO2/c1-23-20(21(26)25(22(23)27)19-15-9-4-10-16-19)24(23,17-11-5-2-6-12-17)18-13-7-3-8-14-18/h2-16,20H,1H3. The fraction of sp³-hybridized carbons (Fsp3) is 0.167. The first kappa shape index (κ1) is 16.0. The molecular weight excluding hydrogens is 334 g/mol. The summed E-state index contributed by atoms with van der Waals surface area (Å²) < 4.78 is 0. The molecule has 0 spiro atoms. The summed E-state index contributed by atoms with van der Waals surface area (Å²) >= 11 is 0. The van der Waals surface area contributed by atoms with E-state index >= 15 is 0 Å². The van der Waals surface area contributed by atoms with Crippen molar-refractivity contribution in [2.45, 2.75) is 12.3 Å². The average Bonchev–Trinajstić information content (AvgIpc) is 3.25. The lowest BCUT2D eigenvalue weighted by Crippen LogP contribution is -2.42. The summed E-state index contributed by atoms with van der Waals surface area (Å²) in [5.74, 6) is -0.611. The van der Waals surface area contributed by atoms with Gasteiger partial charge in [0.15, 0.2) is 0 Å². The van der Waals surface area contributed by atoms with E-state index in [1.807, 2.05) is 97.9 Å². The number of hydrogen-bond donors (Lipinski definition) is 0. The lowest BCUT2D eigenvalue weighted by molar-refractivity contribution is -0.125. The number of nitrogens with zero attached hydrogens (tertiary/aromatic N) is 1. The molecule has 2 fully saturated rings. The smallest absolute Gasteiger partial charge is 0.241 e. The number of carbonyl (C=O) groups excluding carboxylic acids is 2. The van der Waals surface area contributed by atoms with Crippen LogP contribution in [0.25, 0.3) is 0 Å². The topological polar surface area (TPSA) is 37.4 Å². The minimum absolute atomic E-state index is 0.110. The first-order valence-corrected chi connectivity index (χ1v) is 9.18. The fourth-order valence-corrected chi connectivity index (χ4v) is 5.13. The maximum absolute atomic E-state index is 13.5. The van der Waals surface area contributed by atoms with Crippen molar-refractivity contribution in [1.82, 2.24) is 0 Å². The van der Waals surface area contributed by atoms with Crippen LogP contribution < -0.4 is 4.90 Å². The minimum Gasteiger partial charge on any atom is -0.274 e. The molecule has 3 aromatic carbocycles. The van der Waals surface area contributed by atoms with Gasteiger partial charge in [-0.15, -0.1) is 0 Å². The van der Waals surface area contributed by atoms with E-state index < -0.39 is 10.8 Å². The molecule has 2 amide bonds. The molecule has 1 saturated carbocycles. The normalized spacial score (nSPS) is 25.4. The van der Waals surface area contributed by atoms with Crippen molar-refractivity contribution < 1.29 is 9.59 Å². The highest BCUT2D eigenvalue weighted by atomic mass is 16.2. The number of imide groups is 1. The molecule has 0 N–H and O–H groups in total. The lowest BCUT2D eigenvalue weighted by atomic mass is 9.79. The third kappa shape index (κ3) is 1.81. The number of rotatable bonds is 3. The van der Waals surface area contributed by atoms with Crippen molar-refractivity contribution in [3.05, 3.63) is 102 Å². The Morgan fingerprint density at radius 3 is 1.56 bits per heavy atom. The molecule has 0 bridgehead atoms. The van der Waals surface area contributed by atoms with Gasteiger partial charge in [0.05, 0.1) is 17.0 Å². The van der Waals surface area contributed by atoms with Crippen LogP contribution in [0.5, 0.6) is 0 Å². The van der Waals surface area contributed by atoms with Crippen LogP contribution in [0.2, 0.25) is 0 Å². The van der Waals surface area contributed by atoms with Crippen molar-refractivity contribution in [2.75, 3.05) is 4.90 Å². The third-order valence-corrected chi connectivity index (χ3v) is 6.33. The van der Waals surface area contributed by atoms with Crippen molar-refractivity contribution in [2.24, 2.45) is 11.3 Å². The summed E-state index contributed by atoms with van der Waals surface area (Å²) in [4.78, 5) is 28.3. The molecule has 2 atom stereocenters. The molecule has 1 aliphatic heterocycles. The molecule has 3 nitrogen and oxygen atoms in total. The van der Waals surface area contributed by atoms with Gasteiger partial charge in [-0.05, 0) is 30.2 Å². The van der Waals surface area contributed by atoms with Crippen LogP contribution >= 0.6 is 0 Å². The maximum Gasteiger partial charge on any atom is 0.241 e. The lowest BCUT2D eigenvalue weighted by Gasteiger charge is -2.29. The molecule has 3 heteroatoms. The van der Waals surface area contributed by atoms with E-state index in [0.717, 1.165) is 11.1 Å². The molecule has 1 heterocycles. The monoisotopic (exact) mass is 353 g/mol. The van der Waals surface area contributed by atoms with Crippen LogP contribution in [-0.2, 0) is 15.0 Å². The van der Waals surface area contributed by atoms with Crippen molar-refractivity contribution in [3.8, 4) is 0 Å². The number of amides is 2. The number of fused-ring (bicyclic) bond motifs is 1. The minimum atomic E-state index is -0.775. The summed E-state index contributed by atoms with van der Waals surface area (Å²) in [6, 6.07) is 29.2. The first-order valence-electron chi connectivity index (χ1n) is 9.18. The van der Waals surface area contributed by atoms with E-state index in [9.17, 15) is 9.59 Å². The summed E-state index contributed by atoms with van der Waals surface area (Å²) in [5.41, 5.74) is 1.32. The molecule has 0 radical (unpaired) electrons. The van der Waals surface area contributed by atoms with Gasteiger partial charge >= 0.3 is 0 Å². The van der Waals surface area contributed by atoms with Gasteiger partial charge in [0.25, 0.3) is 0 Å². The number of hydrogen-bond acceptors (Lipinski definition) is 2. The number of carbonyl (C=O) groups is 2. The SMILES string of the molecule is CC12C(=O)N(c3ccccc3)C(=O)C1C2(c1ccccc1)c1ccccc1. The Bertz CT molecular complexity index is 990. The average molecular weight is 353 g/mol. The van der Waals surface area contributed by atoms with Crippen LogP contribution in [0.3, 0.4) is 0 Å². The van der Waals surface area contributed by atoms with E-state index in [0.29, 0.717) is 5.69 Å². The fourth-order valence-electron chi connectivity index (χ4n) is 5.13. The molecule has 132 valence electrons. The molecule has 27 heavy (non-hydrogen) atoms. The largest absolute Gasteiger partial charge is 0.274 e. The zero-order valence-corrected chi connectivity index (χ0v) is 15.0. The quantitative estimate of drug-likeness (QED) is 0.663. The van der Waals surface area contributed by atoms with E-state index in [4.69, 9.17) is 0 Å². The first-order chi connectivity index (χ1) is 13.1. The second kappa shape index (κ2) is 5.40. The summed E-state index contributed by atoms with van der Waals surface area (Å²) in [5, 5.41) is 0. The van der Waals surface area contributed by atoms with Gasteiger partial charge in [0.2, 0.25) is 11.8 Å². The number of benzene rings is 3.